The molecular weight excluding hydrogens is 384 g/mol. The third kappa shape index (κ3) is 3.75. The van der Waals surface area contributed by atoms with Crippen LogP contribution in [0.15, 0.2) is 34.4 Å². The fourth-order valence-electron chi connectivity index (χ4n) is 5.54. The SMILES string of the molecule is CC1=CC(C)=C(C2C(=O)CC3(CCN(C(=O)c4nccs4)CC3)CC2=O)C(C)C1. The summed E-state index contributed by atoms with van der Waals surface area (Å²) in [5.41, 5.74) is 3.16. The average molecular weight is 413 g/mol. The summed E-state index contributed by atoms with van der Waals surface area (Å²) in [6.07, 6.45) is 7.01. The van der Waals surface area contributed by atoms with Gasteiger partial charge in [-0.05, 0) is 50.0 Å². The van der Waals surface area contributed by atoms with Crippen LogP contribution in [-0.2, 0) is 9.59 Å². The van der Waals surface area contributed by atoms with Crippen LogP contribution in [0.4, 0.5) is 0 Å². The van der Waals surface area contributed by atoms with Crippen molar-refractivity contribution in [3.8, 4) is 0 Å². The van der Waals surface area contributed by atoms with Crippen LogP contribution in [-0.4, -0.2) is 40.4 Å². The second-order valence-corrected chi connectivity index (χ2v) is 9.98. The Bertz CT molecular complexity index is 885. The number of thiazole rings is 1. The molecule has 1 amide bonds. The summed E-state index contributed by atoms with van der Waals surface area (Å²) in [5, 5.41) is 2.31. The maximum atomic E-state index is 13.2. The van der Waals surface area contributed by atoms with E-state index in [2.05, 4.69) is 24.9 Å². The zero-order chi connectivity index (χ0) is 20.8. The van der Waals surface area contributed by atoms with E-state index in [-0.39, 0.29) is 28.8 Å². The van der Waals surface area contributed by atoms with Crippen LogP contribution in [0.2, 0.25) is 0 Å². The minimum atomic E-state index is -0.560. The summed E-state index contributed by atoms with van der Waals surface area (Å²) in [7, 11) is 0. The Kier molecular flexibility index (Phi) is 5.32. The summed E-state index contributed by atoms with van der Waals surface area (Å²) in [6, 6.07) is 0. The number of nitrogens with zero attached hydrogens (tertiary/aromatic N) is 2. The molecule has 0 bridgehead atoms. The lowest BCUT2D eigenvalue weighted by atomic mass is 9.61. The van der Waals surface area contributed by atoms with E-state index in [0.29, 0.717) is 43.8 Å². The fraction of sp³-hybridized carbons (Fsp3) is 0.565. The highest BCUT2D eigenvalue weighted by Crippen LogP contribution is 2.47. The normalized spacial score (nSPS) is 25.6. The Labute approximate surface area is 175 Å². The molecule has 2 aliphatic carbocycles. The molecule has 1 spiro atoms. The molecule has 29 heavy (non-hydrogen) atoms. The third-order valence-corrected chi connectivity index (χ3v) is 7.62. The van der Waals surface area contributed by atoms with Gasteiger partial charge in [-0.1, -0.05) is 24.1 Å². The largest absolute Gasteiger partial charge is 0.337 e. The van der Waals surface area contributed by atoms with Crippen molar-refractivity contribution in [3.63, 3.8) is 0 Å². The van der Waals surface area contributed by atoms with Gasteiger partial charge in [-0.15, -0.1) is 11.3 Å². The van der Waals surface area contributed by atoms with Crippen molar-refractivity contribution >= 4 is 28.8 Å². The van der Waals surface area contributed by atoms with Crippen LogP contribution in [0.3, 0.4) is 0 Å². The van der Waals surface area contributed by atoms with Crippen molar-refractivity contribution in [1.82, 2.24) is 9.88 Å². The van der Waals surface area contributed by atoms with Crippen molar-refractivity contribution < 1.29 is 14.4 Å². The lowest BCUT2D eigenvalue weighted by Crippen LogP contribution is -2.49. The van der Waals surface area contributed by atoms with Crippen LogP contribution >= 0.6 is 11.3 Å². The van der Waals surface area contributed by atoms with Gasteiger partial charge in [0.25, 0.3) is 5.91 Å². The summed E-state index contributed by atoms with van der Waals surface area (Å²) >= 11 is 1.35. The molecule has 1 aliphatic heterocycles. The maximum Gasteiger partial charge on any atom is 0.282 e. The molecule has 0 radical (unpaired) electrons. The lowest BCUT2D eigenvalue weighted by Gasteiger charge is -2.45. The monoisotopic (exact) mass is 412 g/mol. The first-order valence-electron chi connectivity index (χ1n) is 10.4. The number of amides is 1. The van der Waals surface area contributed by atoms with Gasteiger partial charge in [0.05, 0.1) is 5.92 Å². The number of hydrogen-bond donors (Lipinski definition) is 0. The van der Waals surface area contributed by atoms with E-state index >= 15 is 0 Å². The highest BCUT2D eigenvalue weighted by atomic mass is 32.1. The van der Waals surface area contributed by atoms with Gasteiger partial charge in [0.2, 0.25) is 0 Å². The molecule has 3 aliphatic rings. The Morgan fingerprint density at radius 3 is 2.38 bits per heavy atom. The fourth-order valence-corrected chi connectivity index (χ4v) is 6.14. The van der Waals surface area contributed by atoms with Crippen LogP contribution in [0.5, 0.6) is 0 Å². The summed E-state index contributed by atoms with van der Waals surface area (Å²) in [5.74, 6) is -0.204. The molecule has 0 N–H and O–H groups in total. The summed E-state index contributed by atoms with van der Waals surface area (Å²) in [6.45, 7) is 7.44. The molecule has 1 atom stereocenters. The van der Waals surface area contributed by atoms with Crippen LogP contribution in [0.1, 0.15) is 62.7 Å². The van der Waals surface area contributed by atoms with Gasteiger partial charge >= 0.3 is 0 Å². The molecule has 0 aromatic carbocycles. The van der Waals surface area contributed by atoms with Crippen molar-refractivity contribution in [2.75, 3.05) is 13.1 Å². The van der Waals surface area contributed by atoms with Gasteiger partial charge in [-0.2, -0.15) is 0 Å². The van der Waals surface area contributed by atoms with Crippen LogP contribution in [0, 0.1) is 17.3 Å². The Morgan fingerprint density at radius 1 is 1.17 bits per heavy atom. The number of Topliss-reactive ketones (excluding diaryl/α,β-unsaturated/α-hetero) is 2. The number of allylic oxidation sites excluding steroid dienone is 4. The van der Waals surface area contributed by atoms with E-state index in [9.17, 15) is 14.4 Å². The van der Waals surface area contributed by atoms with Crippen LogP contribution in [0.25, 0.3) is 0 Å². The van der Waals surface area contributed by atoms with E-state index in [1.165, 1.54) is 16.9 Å². The number of rotatable bonds is 2. The first-order valence-corrected chi connectivity index (χ1v) is 11.3. The molecule has 1 aromatic rings. The Morgan fingerprint density at radius 2 is 1.83 bits per heavy atom. The van der Waals surface area contributed by atoms with Crippen molar-refractivity contribution in [2.45, 2.75) is 52.9 Å². The van der Waals surface area contributed by atoms with Gasteiger partial charge in [0, 0.05) is 37.5 Å². The lowest BCUT2D eigenvalue weighted by molar-refractivity contribution is -0.140. The van der Waals surface area contributed by atoms with Crippen molar-refractivity contribution in [3.05, 3.63) is 39.4 Å². The molecule has 1 saturated carbocycles. The molecular formula is C23H28N2O3S. The van der Waals surface area contributed by atoms with E-state index in [4.69, 9.17) is 0 Å². The standard InChI is InChI=1S/C23H28N2O3S/c1-14-10-15(2)19(16(3)11-14)20-17(26)12-23(13-18(20)27)4-7-25(8-5-23)22(28)21-24-6-9-29-21/h6,9-10,16,20H,4-5,7-8,11-13H2,1-3H3. The van der Waals surface area contributed by atoms with Gasteiger partial charge in [0.15, 0.2) is 5.01 Å². The number of hydrogen-bond acceptors (Lipinski definition) is 5. The molecule has 2 fully saturated rings. The number of piperidine rings is 1. The number of aromatic nitrogens is 1. The second kappa shape index (κ2) is 7.63. The molecule has 1 aromatic heterocycles. The second-order valence-electron chi connectivity index (χ2n) is 9.08. The summed E-state index contributed by atoms with van der Waals surface area (Å²) < 4.78 is 0. The molecule has 1 unspecified atom stereocenters. The van der Waals surface area contributed by atoms with Gasteiger partial charge < -0.3 is 4.90 Å². The predicted molar refractivity (Wildman–Crippen MR) is 113 cm³/mol. The zero-order valence-electron chi connectivity index (χ0n) is 17.4. The van der Waals surface area contributed by atoms with Crippen molar-refractivity contribution in [2.24, 2.45) is 17.3 Å². The quantitative estimate of drug-likeness (QED) is 0.682. The zero-order valence-corrected chi connectivity index (χ0v) is 18.2. The Hall–Kier alpha value is -2.08. The maximum absolute atomic E-state index is 13.2. The van der Waals surface area contributed by atoms with Gasteiger partial charge in [-0.3, -0.25) is 14.4 Å². The third-order valence-electron chi connectivity index (χ3n) is 6.86. The number of carbonyl (C=O) groups is 3. The predicted octanol–water partition coefficient (Wildman–Crippen LogP) is 4.22. The van der Waals surface area contributed by atoms with Crippen molar-refractivity contribution in [1.29, 1.82) is 0 Å². The molecule has 154 valence electrons. The van der Waals surface area contributed by atoms with E-state index in [1.54, 1.807) is 11.6 Å². The smallest absolute Gasteiger partial charge is 0.282 e. The minimum absolute atomic E-state index is 0.0415. The topological polar surface area (TPSA) is 67.3 Å². The highest BCUT2D eigenvalue weighted by Gasteiger charge is 2.48. The van der Waals surface area contributed by atoms with E-state index in [0.717, 1.165) is 17.6 Å². The molecule has 1 saturated heterocycles. The van der Waals surface area contributed by atoms with Crippen LogP contribution < -0.4 is 0 Å². The Balaban J connectivity index is 1.48. The number of likely N-dealkylation sites (tertiary alicyclic amines) is 1. The van der Waals surface area contributed by atoms with Gasteiger partial charge in [0.1, 0.15) is 11.6 Å². The highest BCUT2D eigenvalue weighted by molar-refractivity contribution is 7.11. The minimum Gasteiger partial charge on any atom is -0.337 e. The van der Waals surface area contributed by atoms with E-state index in [1.807, 2.05) is 11.8 Å². The van der Waals surface area contributed by atoms with E-state index < -0.39 is 5.92 Å². The molecule has 2 heterocycles. The first kappa shape index (κ1) is 20.2. The number of ketones is 2. The summed E-state index contributed by atoms with van der Waals surface area (Å²) in [4.78, 5) is 44.8. The first-order chi connectivity index (χ1) is 13.8. The molecule has 4 rings (SSSR count). The molecule has 5 nitrogen and oxygen atoms in total. The average Bonchev–Trinajstić information content (AvgIpc) is 3.18. The van der Waals surface area contributed by atoms with Gasteiger partial charge in [-0.25, -0.2) is 4.98 Å². The number of carbonyl (C=O) groups excluding carboxylic acids is 3. The molecule has 6 heteroatoms.